The average molecular weight is 270 g/mol. The first-order valence-electron chi connectivity index (χ1n) is 6.27. The van der Waals surface area contributed by atoms with Crippen LogP contribution in [-0.2, 0) is 9.53 Å². The summed E-state index contributed by atoms with van der Waals surface area (Å²) < 4.78 is 10.6. The van der Waals surface area contributed by atoms with Crippen molar-refractivity contribution in [1.29, 1.82) is 0 Å². The van der Waals surface area contributed by atoms with Crippen LogP contribution in [0.1, 0.15) is 58.4 Å². The van der Waals surface area contributed by atoms with Gasteiger partial charge in [-0.15, -0.1) is 0 Å². The van der Waals surface area contributed by atoms with Gasteiger partial charge in [-0.3, -0.25) is 4.79 Å². The van der Waals surface area contributed by atoms with Gasteiger partial charge in [-0.05, 0) is 5.41 Å². The Balaban J connectivity index is 2.96. The second kappa shape index (κ2) is 5.69. The fraction of sp³-hybridized carbons (Fsp3) is 0.769. The van der Waals surface area contributed by atoms with Crippen LogP contribution in [0, 0.1) is 11.3 Å². The summed E-state index contributed by atoms with van der Waals surface area (Å²) in [6.45, 7) is 9.42. The Kier molecular flexibility index (Phi) is 4.68. The molecule has 1 heterocycles. The van der Waals surface area contributed by atoms with Crippen molar-refractivity contribution in [2.24, 2.45) is 11.3 Å². The molecule has 0 amide bonds. The molecule has 0 fully saturated rings. The van der Waals surface area contributed by atoms with Gasteiger partial charge in [0.1, 0.15) is 6.10 Å². The van der Waals surface area contributed by atoms with Gasteiger partial charge in [-0.2, -0.15) is 4.98 Å². The van der Waals surface area contributed by atoms with Crippen LogP contribution in [0.3, 0.4) is 0 Å². The average Bonchev–Trinajstić information content (AvgIpc) is 2.75. The summed E-state index contributed by atoms with van der Waals surface area (Å²) in [7, 11) is 1.59. The van der Waals surface area contributed by atoms with E-state index in [1.807, 2.05) is 20.8 Å². The van der Waals surface area contributed by atoms with Crippen molar-refractivity contribution in [1.82, 2.24) is 10.1 Å². The van der Waals surface area contributed by atoms with E-state index in [2.05, 4.69) is 10.1 Å². The molecule has 0 aliphatic rings. The Labute approximate surface area is 113 Å². The minimum Gasteiger partial charge on any atom is -0.481 e. The van der Waals surface area contributed by atoms with Gasteiger partial charge in [-0.1, -0.05) is 39.8 Å². The molecule has 3 unspecified atom stereocenters. The number of methoxy groups -OCH3 is 1. The maximum atomic E-state index is 11.0. The normalized spacial score (nSPS) is 16.9. The van der Waals surface area contributed by atoms with Crippen molar-refractivity contribution in [3.63, 3.8) is 0 Å². The van der Waals surface area contributed by atoms with Crippen LogP contribution in [-0.4, -0.2) is 28.3 Å². The van der Waals surface area contributed by atoms with E-state index in [1.165, 1.54) is 0 Å². The second-order valence-electron chi connectivity index (χ2n) is 5.89. The zero-order valence-corrected chi connectivity index (χ0v) is 12.3. The Morgan fingerprint density at radius 1 is 1.37 bits per heavy atom. The van der Waals surface area contributed by atoms with Crippen molar-refractivity contribution in [3.8, 4) is 0 Å². The molecule has 1 N–H and O–H groups in total. The van der Waals surface area contributed by atoms with E-state index in [9.17, 15) is 4.79 Å². The van der Waals surface area contributed by atoms with Crippen LogP contribution in [0.2, 0.25) is 0 Å². The molecule has 0 aliphatic heterocycles. The Morgan fingerprint density at radius 3 is 2.37 bits per heavy atom. The number of rotatable bonds is 5. The Bertz CT molecular complexity index is 436. The number of aliphatic carboxylic acids is 1. The predicted octanol–water partition coefficient (Wildman–Crippen LogP) is 2.63. The lowest BCUT2D eigenvalue weighted by Gasteiger charge is -2.26. The van der Waals surface area contributed by atoms with Crippen LogP contribution in [0.25, 0.3) is 0 Å². The summed E-state index contributed by atoms with van der Waals surface area (Å²) in [5, 5.41) is 12.9. The van der Waals surface area contributed by atoms with Gasteiger partial charge in [0.15, 0.2) is 0 Å². The molecule has 0 radical (unpaired) electrons. The number of carboxylic acid groups (broad SMARTS) is 1. The van der Waals surface area contributed by atoms with Gasteiger partial charge in [0.25, 0.3) is 0 Å². The summed E-state index contributed by atoms with van der Waals surface area (Å²) in [6.07, 6.45) is -0.294. The SMILES string of the molecule is COC(c1noc(C(C)C(C)C(=O)O)n1)C(C)(C)C. The topological polar surface area (TPSA) is 85.5 Å². The smallest absolute Gasteiger partial charge is 0.307 e. The third kappa shape index (κ3) is 3.53. The van der Waals surface area contributed by atoms with Gasteiger partial charge in [0.2, 0.25) is 11.7 Å². The number of hydrogen-bond acceptors (Lipinski definition) is 5. The van der Waals surface area contributed by atoms with Crippen molar-refractivity contribution in [2.45, 2.75) is 46.6 Å². The highest BCUT2D eigenvalue weighted by molar-refractivity contribution is 5.70. The molecule has 108 valence electrons. The molecule has 0 aliphatic carbocycles. The van der Waals surface area contributed by atoms with Crippen molar-refractivity contribution < 1.29 is 19.2 Å². The Hall–Kier alpha value is -1.43. The van der Waals surface area contributed by atoms with E-state index in [-0.39, 0.29) is 17.4 Å². The van der Waals surface area contributed by atoms with Gasteiger partial charge in [-0.25, -0.2) is 0 Å². The Morgan fingerprint density at radius 2 is 1.95 bits per heavy atom. The molecule has 6 nitrogen and oxygen atoms in total. The molecule has 1 aromatic heterocycles. The van der Waals surface area contributed by atoms with E-state index in [0.717, 1.165) is 0 Å². The molecule has 0 saturated heterocycles. The van der Waals surface area contributed by atoms with E-state index in [1.54, 1.807) is 21.0 Å². The number of aromatic nitrogens is 2. The highest BCUT2D eigenvalue weighted by Gasteiger charge is 2.32. The quantitative estimate of drug-likeness (QED) is 0.885. The molecule has 1 rings (SSSR count). The van der Waals surface area contributed by atoms with E-state index in [4.69, 9.17) is 14.4 Å². The lowest BCUT2D eigenvalue weighted by atomic mass is 9.88. The maximum absolute atomic E-state index is 11.0. The largest absolute Gasteiger partial charge is 0.481 e. The van der Waals surface area contributed by atoms with Crippen LogP contribution in [0.5, 0.6) is 0 Å². The number of carbonyl (C=O) groups is 1. The van der Waals surface area contributed by atoms with Crippen LogP contribution in [0.15, 0.2) is 4.52 Å². The summed E-state index contributed by atoms with van der Waals surface area (Å²) in [5.41, 5.74) is -0.169. The fourth-order valence-electron chi connectivity index (χ4n) is 1.81. The number of ether oxygens (including phenoxy) is 1. The van der Waals surface area contributed by atoms with Crippen molar-refractivity contribution in [2.75, 3.05) is 7.11 Å². The fourth-order valence-corrected chi connectivity index (χ4v) is 1.81. The third-order valence-corrected chi connectivity index (χ3v) is 3.24. The van der Waals surface area contributed by atoms with E-state index < -0.39 is 11.9 Å². The molecule has 3 atom stereocenters. The molecular weight excluding hydrogens is 248 g/mol. The zero-order valence-electron chi connectivity index (χ0n) is 12.3. The van der Waals surface area contributed by atoms with Gasteiger partial charge >= 0.3 is 5.97 Å². The first-order chi connectivity index (χ1) is 8.68. The summed E-state index contributed by atoms with van der Waals surface area (Å²) in [6, 6.07) is 0. The van der Waals surface area contributed by atoms with Gasteiger partial charge in [0, 0.05) is 13.0 Å². The minimum atomic E-state index is -0.883. The molecule has 1 aromatic rings. The summed E-state index contributed by atoms with van der Waals surface area (Å²) in [5.74, 6) is -1.02. The molecular formula is C13H22N2O4. The molecule has 19 heavy (non-hydrogen) atoms. The summed E-state index contributed by atoms with van der Waals surface area (Å²) >= 11 is 0. The van der Waals surface area contributed by atoms with Gasteiger partial charge in [0.05, 0.1) is 5.92 Å². The van der Waals surface area contributed by atoms with Crippen molar-refractivity contribution >= 4 is 5.97 Å². The maximum Gasteiger partial charge on any atom is 0.307 e. The molecule has 0 aromatic carbocycles. The van der Waals surface area contributed by atoms with Crippen molar-refractivity contribution in [3.05, 3.63) is 11.7 Å². The van der Waals surface area contributed by atoms with Crippen LogP contribution >= 0.6 is 0 Å². The minimum absolute atomic E-state index is 0.169. The lowest BCUT2D eigenvalue weighted by molar-refractivity contribution is -0.141. The lowest BCUT2D eigenvalue weighted by Crippen LogP contribution is -2.21. The zero-order chi connectivity index (χ0) is 14.8. The number of nitrogens with zero attached hydrogens (tertiary/aromatic N) is 2. The molecule has 0 bridgehead atoms. The van der Waals surface area contributed by atoms with Crippen LogP contribution in [0.4, 0.5) is 0 Å². The first-order valence-corrected chi connectivity index (χ1v) is 6.27. The molecule has 0 saturated carbocycles. The first kappa shape index (κ1) is 15.6. The highest BCUT2D eigenvalue weighted by Crippen LogP contribution is 2.34. The molecule has 0 spiro atoms. The standard InChI is InChI=1S/C13H22N2O4/c1-7(8(2)12(16)17)11-14-10(15-19-11)9(18-6)13(3,4)5/h7-9H,1-6H3,(H,16,17). The highest BCUT2D eigenvalue weighted by atomic mass is 16.5. The van der Waals surface area contributed by atoms with E-state index >= 15 is 0 Å². The van der Waals surface area contributed by atoms with Gasteiger partial charge < -0.3 is 14.4 Å². The predicted molar refractivity (Wildman–Crippen MR) is 68.7 cm³/mol. The van der Waals surface area contributed by atoms with Crippen LogP contribution < -0.4 is 0 Å². The molecule has 6 heteroatoms. The number of hydrogen-bond donors (Lipinski definition) is 1. The third-order valence-electron chi connectivity index (χ3n) is 3.24. The second-order valence-corrected chi connectivity index (χ2v) is 5.89. The van der Waals surface area contributed by atoms with E-state index in [0.29, 0.717) is 11.7 Å². The summed E-state index contributed by atoms with van der Waals surface area (Å²) in [4.78, 5) is 15.2. The number of carboxylic acids is 1. The monoisotopic (exact) mass is 270 g/mol.